The monoisotopic (exact) mass is 372 g/mol. The number of oxime groups is 1. The van der Waals surface area contributed by atoms with E-state index in [0.717, 1.165) is 10.0 Å². The lowest BCUT2D eigenvalue weighted by Crippen LogP contribution is -2.07. The molecule has 114 valence electrons. The first-order valence-electron chi connectivity index (χ1n) is 6.56. The van der Waals surface area contributed by atoms with Gasteiger partial charge >= 0.3 is 5.97 Å². The third-order valence-corrected chi connectivity index (χ3v) is 3.73. The lowest BCUT2D eigenvalue weighted by molar-refractivity contribution is -0.384. The second kappa shape index (κ2) is 6.13. The van der Waals surface area contributed by atoms with Crippen molar-refractivity contribution in [3.05, 3.63) is 79.8 Å². The minimum absolute atomic E-state index is 0.0764. The van der Waals surface area contributed by atoms with Gasteiger partial charge in [-0.15, -0.1) is 0 Å². The van der Waals surface area contributed by atoms with Gasteiger partial charge < -0.3 is 4.84 Å². The van der Waals surface area contributed by atoms with Crippen LogP contribution in [0.15, 0.2) is 63.7 Å². The smallest absolute Gasteiger partial charge is 0.312 e. The molecule has 0 N–H and O–H groups in total. The molecular weight excluding hydrogens is 364 g/mol. The molecule has 0 aromatic heterocycles. The van der Waals surface area contributed by atoms with Gasteiger partial charge in [-0.3, -0.25) is 10.1 Å². The van der Waals surface area contributed by atoms with Gasteiger partial charge in [-0.2, -0.15) is 0 Å². The molecule has 0 unspecified atom stereocenters. The predicted molar refractivity (Wildman–Crippen MR) is 87.8 cm³/mol. The molecule has 1 aliphatic rings. The van der Waals surface area contributed by atoms with Crippen LogP contribution in [0.2, 0.25) is 0 Å². The van der Waals surface area contributed by atoms with Crippen molar-refractivity contribution in [1.29, 1.82) is 0 Å². The summed E-state index contributed by atoms with van der Waals surface area (Å²) in [6.07, 6.45) is 1.64. The summed E-state index contributed by atoms with van der Waals surface area (Å²) in [7, 11) is 0. The van der Waals surface area contributed by atoms with E-state index in [4.69, 9.17) is 4.84 Å². The van der Waals surface area contributed by atoms with E-state index in [9.17, 15) is 14.9 Å². The summed E-state index contributed by atoms with van der Waals surface area (Å²) < 4.78 is 0.918. The number of halogens is 1. The highest BCUT2D eigenvalue weighted by Crippen LogP contribution is 2.23. The first kappa shape index (κ1) is 15.1. The van der Waals surface area contributed by atoms with Gasteiger partial charge in [-0.1, -0.05) is 45.4 Å². The number of rotatable bonds is 3. The second-order valence-electron chi connectivity index (χ2n) is 4.74. The SMILES string of the molecule is O=C1ON=C(c2cccc([N+](=O)[O-])c2)/C1=C/c1ccc(Br)cc1. The summed E-state index contributed by atoms with van der Waals surface area (Å²) >= 11 is 3.34. The van der Waals surface area contributed by atoms with E-state index in [1.807, 2.05) is 24.3 Å². The number of benzene rings is 2. The van der Waals surface area contributed by atoms with E-state index in [1.165, 1.54) is 18.2 Å². The quantitative estimate of drug-likeness (QED) is 0.356. The number of non-ortho nitro benzene ring substituents is 1. The topological polar surface area (TPSA) is 81.8 Å². The molecule has 0 aliphatic carbocycles. The van der Waals surface area contributed by atoms with E-state index in [-0.39, 0.29) is 17.0 Å². The Bertz CT molecular complexity index is 857. The molecule has 0 fully saturated rings. The fraction of sp³-hybridized carbons (Fsp3) is 0. The van der Waals surface area contributed by atoms with E-state index in [2.05, 4.69) is 21.1 Å². The maximum atomic E-state index is 11.9. The predicted octanol–water partition coefficient (Wildman–Crippen LogP) is 3.70. The zero-order valence-electron chi connectivity index (χ0n) is 11.6. The largest absolute Gasteiger partial charge is 0.368 e. The highest BCUT2D eigenvalue weighted by Gasteiger charge is 2.27. The summed E-state index contributed by atoms with van der Waals surface area (Å²) in [6.45, 7) is 0. The zero-order chi connectivity index (χ0) is 16.4. The van der Waals surface area contributed by atoms with Crippen molar-refractivity contribution in [3.63, 3.8) is 0 Å². The summed E-state index contributed by atoms with van der Waals surface area (Å²) in [5, 5.41) is 14.6. The number of nitro groups is 1. The van der Waals surface area contributed by atoms with Crippen LogP contribution in [0.25, 0.3) is 6.08 Å². The first-order valence-corrected chi connectivity index (χ1v) is 7.36. The van der Waals surface area contributed by atoms with Crippen LogP contribution >= 0.6 is 15.9 Å². The van der Waals surface area contributed by atoms with E-state index in [1.54, 1.807) is 12.1 Å². The second-order valence-corrected chi connectivity index (χ2v) is 5.65. The van der Waals surface area contributed by atoms with Gasteiger partial charge in [0.05, 0.1) is 10.5 Å². The Labute approximate surface area is 139 Å². The number of hydrogen-bond donors (Lipinski definition) is 0. The first-order chi connectivity index (χ1) is 11.0. The molecule has 0 radical (unpaired) electrons. The molecule has 6 nitrogen and oxygen atoms in total. The molecule has 2 aromatic rings. The van der Waals surface area contributed by atoms with Gasteiger partial charge in [-0.05, 0) is 23.8 Å². The summed E-state index contributed by atoms with van der Waals surface area (Å²) in [4.78, 5) is 27.0. The highest BCUT2D eigenvalue weighted by atomic mass is 79.9. The lowest BCUT2D eigenvalue weighted by atomic mass is 10.0. The van der Waals surface area contributed by atoms with Crippen LogP contribution in [0.5, 0.6) is 0 Å². The normalized spacial score (nSPS) is 15.4. The van der Waals surface area contributed by atoms with Gasteiger partial charge in [0.1, 0.15) is 5.71 Å². The fourth-order valence-corrected chi connectivity index (χ4v) is 2.37. The number of nitrogens with zero attached hydrogens (tertiary/aromatic N) is 2. The molecule has 0 amide bonds. The maximum absolute atomic E-state index is 11.9. The van der Waals surface area contributed by atoms with Crippen molar-refractivity contribution >= 4 is 39.4 Å². The van der Waals surface area contributed by atoms with Crippen molar-refractivity contribution in [2.45, 2.75) is 0 Å². The van der Waals surface area contributed by atoms with Crippen LogP contribution in [0.3, 0.4) is 0 Å². The van der Waals surface area contributed by atoms with E-state index in [0.29, 0.717) is 5.56 Å². The maximum Gasteiger partial charge on any atom is 0.368 e. The van der Waals surface area contributed by atoms with Gasteiger partial charge in [-0.25, -0.2) is 4.79 Å². The molecule has 7 heteroatoms. The Balaban J connectivity index is 2.01. The Kier molecular flexibility index (Phi) is 4.03. The summed E-state index contributed by atoms with van der Waals surface area (Å²) in [6, 6.07) is 13.3. The molecule has 0 saturated heterocycles. The van der Waals surface area contributed by atoms with Crippen LogP contribution in [0, 0.1) is 10.1 Å². The Hall–Kier alpha value is -2.80. The standard InChI is InChI=1S/C16H9BrN2O4/c17-12-6-4-10(5-7-12)8-14-15(18-23-16(14)20)11-2-1-3-13(9-11)19(21)22/h1-9H/b14-8-. The van der Waals surface area contributed by atoms with Gasteiger partial charge in [0.2, 0.25) is 0 Å². The molecule has 1 heterocycles. The van der Waals surface area contributed by atoms with Gasteiger partial charge in [0, 0.05) is 22.2 Å². The summed E-state index contributed by atoms with van der Waals surface area (Å²) in [5.41, 5.74) is 1.70. The molecule has 0 atom stereocenters. The average Bonchev–Trinajstić information content (AvgIpc) is 2.91. The highest BCUT2D eigenvalue weighted by molar-refractivity contribution is 9.10. The minimum atomic E-state index is -0.588. The van der Waals surface area contributed by atoms with E-state index >= 15 is 0 Å². The Morgan fingerprint density at radius 1 is 1.17 bits per heavy atom. The third kappa shape index (κ3) is 3.19. The van der Waals surface area contributed by atoms with E-state index < -0.39 is 10.9 Å². The molecule has 3 rings (SSSR count). The fourth-order valence-electron chi connectivity index (χ4n) is 2.11. The van der Waals surface area contributed by atoms with Gasteiger partial charge in [0.15, 0.2) is 0 Å². The van der Waals surface area contributed by atoms with Gasteiger partial charge in [0.25, 0.3) is 5.69 Å². The van der Waals surface area contributed by atoms with Crippen LogP contribution in [-0.2, 0) is 9.63 Å². The molecule has 0 saturated carbocycles. The van der Waals surface area contributed by atoms with Crippen LogP contribution in [0.4, 0.5) is 5.69 Å². The zero-order valence-corrected chi connectivity index (χ0v) is 13.2. The Morgan fingerprint density at radius 3 is 2.61 bits per heavy atom. The Morgan fingerprint density at radius 2 is 1.91 bits per heavy atom. The van der Waals surface area contributed by atoms with Crippen LogP contribution in [-0.4, -0.2) is 16.6 Å². The van der Waals surface area contributed by atoms with Crippen molar-refractivity contribution in [2.24, 2.45) is 5.16 Å². The molecule has 2 aromatic carbocycles. The molecule has 23 heavy (non-hydrogen) atoms. The average molecular weight is 373 g/mol. The van der Waals surface area contributed by atoms with Crippen molar-refractivity contribution in [1.82, 2.24) is 0 Å². The minimum Gasteiger partial charge on any atom is -0.312 e. The van der Waals surface area contributed by atoms with Crippen LogP contribution in [0.1, 0.15) is 11.1 Å². The van der Waals surface area contributed by atoms with Crippen LogP contribution < -0.4 is 0 Å². The summed E-state index contributed by atoms with van der Waals surface area (Å²) in [5.74, 6) is -0.588. The molecule has 1 aliphatic heterocycles. The number of carbonyl (C=O) groups is 1. The van der Waals surface area contributed by atoms with Crippen molar-refractivity contribution < 1.29 is 14.6 Å². The number of nitro benzene ring substituents is 1. The molecule has 0 bridgehead atoms. The molecule has 0 spiro atoms. The van der Waals surface area contributed by atoms with Crippen molar-refractivity contribution in [2.75, 3.05) is 0 Å². The third-order valence-electron chi connectivity index (χ3n) is 3.21. The number of hydrogen-bond acceptors (Lipinski definition) is 5. The van der Waals surface area contributed by atoms with Crippen molar-refractivity contribution in [3.8, 4) is 0 Å². The number of carbonyl (C=O) groups excluding carboxylic acids is 1. The lowest BCUT2D eigenvalue weighted by Gasteiger charge is -2.01. The molecular formula is C16H9BrN2O4.